The van der Waals surface area contributed by atoms with Crippen LogP contribution in [0.5, 0.6) is 0 Å². The number of fused-ring (bicyclic) bond motifs is 1. The molecule has 96 valence electrons. The summed E-state index contributed by atoms with van der Waals surface area (Å²) in [6.45, 7) is 0.829. The quantitative estimate of drug-likeness (QED) is 0.878. The Kier molecular flexibility index (Phi) is 3.08. The van der Waals surface area contributed by atoms with Gasteiger partial charge in [-0.2, -0.15) is 0 Å². The average Bonchev–Trinajstić information content (AvgIpc) is 2.96. The summed E-state index contributed by atoms with van der Waals surface area (Å²) in [4.78, 5) is 0. The molecule has 1 N–H and O–H groups in total. The number of aryl methyl sites for hydroxylation is 1. The minimum atomic E-state index is -0.137. The molecule has 3 heteroatoms. The molecular weight excluding hydrogens is 227 g/mol. The summed E-state index contributed by atoms with van der Waals surface area (Å²) < 4.78 is 15.7. The zero-order valence-electron chi connectivity index (χ0n) is 10.7. The van der Waals surface area contributed by atoms with Crippen LogP contribution in [0.2, 0.25) is 0 Å². The van der Waals surface area contributed by atoms with Crippen molar-refractivity contribution in [2.24, 2.45) is 7.05 Å². The number of aromatic nitrogens is 1. The summed E-state index contributed by atoms with van der Waals surface area (Å²) in [6, 6.07) is 7.99. The first kappa shape index (κ1) is 11.7. The number of hydrogen-bond donors (Lipinski definition) is 1. The maximum atomic E-state index is 13.8. The average molecular weight is 246 g/mol. The van der Waals surface area contributed by atoms with E-state index in [0.29, 0.717) is 11.6 Å². The molecule has 0 saturated heterocycles. The molecule has 1 fully saturated rings. The highest BCUT2D eigenvalue weighted by molar-refractivity contribution is 5.81. The van der Waals surface area contributed by atoms with Gasteiger partial charge in [0, 0.05) is 30.7 Å². The Bertz CT molecular complexity index is 553. The SMILES string of the molecule is Cn1c(CNC2CCCC2)cc2cccc(F)c21. The number of nitrogens with zero attached hydrogens (tertiary/aromatic N) is 1. The molecule has 2 nitrogen and oxygen atoms in total. The second-order valence-corrected chi connectivity index (χ2v) is 5.23. The van der Waals surface area contributed by atoms with Gasteiger partial charge >= 0.3 is 0 Å². The van der Waals surface area contributed by atoms with E-state index in [2.05, 4.69) is 11.4 Å². The zero-order valence-corrected chi connectivity index (χ0v) is 10.7. The first-order valence-electron chi connectivity index (χ1n) is 6.72. The maximum Gasteiger partial charge on any atom is 0.147 e. The van der Waals surface area contributed by atoms with Crippen LogP contribution >= 0.6 is 0 Å². The maximum absolute atomic E-state index is 13.8. The molecule has 0 spiro atoms. The third-order valence-corrected chi connectivity index (χ3v) is 4.03. The van der Waals surface area contributed by atoms with E-state index in [1.807, 2.05) is 17.7 Å². The number of rotatable bonds is 3. The molecule has 18 heavy (non-hydrogen) atoms. The van der Waals surface area contributed by atoms with Gasteiger partial charge in [0.15, 0.2) is 0 Å². The predicted octanol–water partition coefficient (Wildman–Crippen LogP) is 3.35. The van der Waals surface area contributed by atoms with E-state index in [9.17, 15) is 4.39 Å². The van der Waals surface area contributed by atoms with Crippen molar-refractivity contribution < 1.29 is 4.39 Å². The van der Waals surface area contributed by atoms with Crippen LogP contribution in [0, 0.1) is 5.82 Å². The largest absolute Gasteiger partial charge is 0.344 e. The Morgan fingerprint density at radius 1 is 1.33 bits per heavy atom. The summed E-state index contributed by atoms with van der Waals surface area (Å²) in [7, 11) is 1.94. The molecule has 0 atom stereocenters. The summed E-state index contributed by atoms with van der Waals surface area (Å²) in [5.74, 6) is -0.137. The van der Waals surface area contributed by atoms with Gasteiger partial charge in [-0.3, -0.25) is 0 Å². The highest BCUT2D eigenvalue weighted by atomic mass is 19.1. The van der Waals surface area contributed by atoms with E-state index in [1.165, 1.54) is 31.7 Å². The molecule has 2 aromatic rings. The lowest BCUT2D eigenvalue weighted by atomic mass is 10.2. The molecule has 0 aliphatic heterocycles. The zero-order chi connectivity index (χ0) is 12.5. The molecule has 1 saturated carbocycles. The van der Waals surface area contributed by atoms with Crippen LogP contribution in [0.3, 0.4) is 0 Å². The van der Waals surface area contributed by atoms with Crippen LogP contribution in [0.4, 0.5) is 4.39 Å². The standard InChI is InChI=1S/C15H19FN2/c1-18-13(10-17-12-6-2-3-7-12)9-11-5-4-8-14(16)15(11)18/h4-5,8-9,12,17H,2-3,6-7,10H2,1H3. The van der Waals surface area contributed by atoms with Crippen LogP contribution < -0.4 is 5.32 Å². The van der Waals surface area contributed by atoms with Crippen molar-refractivity contribution in [3.8, 4) is 0 Å². The molecule has 1 heterocycles. The van der Waals surface area contributed by atoms with E-state index < -0.39 is 0 Å². The highest BCUT2D eigenvalue weighted by Gasteiger charge is 2.15. The molecule has 0 amide bonds. The van der Waals surface area contributed by atoms with E-state index >= 15 is 0 Å². The van der Waals surface area contributed by atoms with Gasteiger partial charge in [0.1, 0.15) is 5.82 Å². The normalized spacial score (nSPS) is 16.8. The van der Waals surface area contributed by atoms with Crippen molar-refractivity contribution in [1.82, 2.24) is 9.88 Å². The fraction of sp³-hybridized carbons (Fsp3) is 0.467. The minimum Gasteiger partial charge on any atom is -0.344 e. The Labute approximate surface area is 107 Å². The molecule has 0 bridgehead atoms. The first-order valence-corrected chi connectivity index (χ1v) is 6.72. The topological polar surface area (TPSA) is 17.0 Å². The number of nitrogens with one attached hydrogen (secondary N) is 1. The fourth-order valence-electron chi connectivity index (χ4n) is 2.97. The summed E-state index contributed by atoms with van der Waals surface area (Å²) in [5, 5.41) is 4.56. The Morgan fingerprint density at radius 3 is 2.83 bits per heavy atom. The number of halogens is 1. The van der Waals surface area contributed by atoms with Crippen molar-refractivity contribution >= 4 is 10.9 Å². The molecule has 0 unspecified atom stereocenters. The van der Waals surface area contributed by atoms with Crippen LogP contribution in [0.1, 0.15) is 31.4 Å². The number of para-hydroxylation sites is 1. The summed E-state index contributed by atoms with van der Waals surface area (Å²) in [5.41, 5.74) is 1.86. The Morgan fingerprint density at radius 2 is 2.11 bits per heavy atom. The third-order valence-electron chi connectivity index (χ3n) is 4.03. The predicted molar refractivity (Wildman–Crippen MR) is 72.0 cm³/mol. The third kappa shape index (κ3) is 2.03. The Balaban J connectivity index is 1.83. The van der Waals surface area contributed by atoms with Crippen molar-refractivity contribution in [3.05, 3.63) is 35.8 Å². The second-order valence-electron chi connectivity index (χ2n) is 5.23. The van der Waals surface area contributed by atoms with Crippen LogP contribution in [-0.2, 0) is 13.6 Å². The fourth-order valence-corrected chi connectivity index (χ4v) is 2.97. The molecule has 3 rings (SSSR count). The summed E-state index contributed by atoms with van der Waals surface area (Å²) in [6.07, 6.45) is 5.22. The van der Waals surface area contributed by atoms with Crippen molar-refractivity contribution in [1.29, 1.82) is 0 Å². The highest BCUT2D eigenvalue weighted by Crippen LogP contribution is 2.22. The lowest BCUT2D eigenvalue weighted by Gasteiger charge is -2.12. The van der Waals surface area contributed by atoms with E-state index in [0.717, 1.165) is 17.6 Å². The molecule has 1 aromatic heterocycles. The molecule has 1 aromatic carbocycles. The van der Waals surface area contributed by atoms with Crippen molar-refractivity contribution in [3.63, 3.8) is 0 Å². The van der Waals surface area contributed by atoms with Crippen LogP contribution in [0.15, 0.2) is 24.3 Å². The lowest BCUT2D eigenvalue weighted by Crippen LogP contribution is -2.26. The summed E-state index contributed by atoms with van der Waals surface area (Å²) >= 11 is 0. The molecule has 1 aliphatic rings. The first-order chi connectivity index (χ1) is 8.75. The van der Waals surface area contributed by atoms with Gasteiger partial charge in [-0.1, -0.05) is 25.0 Å². The Hall–Kier alpha value is -1.35. The van der Waals surface area contributed by atoms with Gasteiger partial charge < -0.3 is 9.88 Å². The van der Waals surface area contributed by atoms with Crippen LogP contribution in [0.25, 0.3) is 10.9 Å². The molecule has 0 radical (unpaired) electrons. The van der Waals surface area contributed by atoms with Crippen LogP contribution in [-0.4, -0.2) is 10.6 Å². The smallest absolute Gasteiger partial charge is 0.147 e. The van der Waals surface area contributed by atoms with E-state index in [4.69, 9.17) is 0 Å². The van der Waals surface area contributed by atoms with Gasteiger partial charge in [0.05, 0.1) is 5.52 Å². The number of benzene rings is 1. The van der Waals surface area contributed by atoms with Gasteiger partial charge in [-0.15, -0.1) is 0 Å². The van der Waals surface area contributed by atoms with Gasteiger partial charge in [-0.05, 0) is 25.0 Å². The minimum absolute atomic E-state index is 0.137. The lowest BCUT2D eigenvalue weighted by molar-refractivity contribution is 0.513. The van der Waals surface area contributed by atoms with Crippen molar-refractivity contribution in [2.45, 2.75) is 38.3 Å². The van der Waals surface area contributed by atoms with Crippen molar-refractivity contribution in [2.75, 3.05) is 0 Å². The molecular formula is C15H19FN2. The van der Waals surface area contributed by atoms with E-state index in [-0.39, 0.29) is 5.82 Å². The van der Waals surface area contributed by atoms with Gasteiger partial charge in [0.2, 0.25) is 0 Å². The van der Waals surface area contributed by atoms with Gasteiger partial charge in [-0.25, -0.2) is 4.39 Å². The molecule has 1 aliphatic carbocycles. The second kappa shape index (κ2) is 4.73. The van der Waals surface area contributed by atoms with Gasteiger partial charge in [0.25, 0.3) is 0 Å². The number of hydrogen-bond acceptors (Lipinski definition) is 1. The van der Waals surface area contributed by atoms with E-state index in [1.54, 1.807) is 6.07 Å². The monoisotopic (exact) mass is 246 g/mol.